The number of ether oxygens (including phenoxy) is 1. The largest absolute Gasteiger partial charge is 0.495 e. The summed E-state index contributed by atoms with van der Waals surface area (Å²) >= 11 is 6.12. The van der Waals surface area contributed by atoms with Gasteiger partial charge in [0.25, 0.3) is 0 Å². The van der Waals surface area contributed by atoms with Gasteiger partial charge >= 0.3 is 0 Å². The summed E-state index contributed by atoms with van der Waals surface area (Å²) in [6.07, 6.45) is 6.88. The normalized spacial score (nSPS) is 16.4. The Morgan fingerprint density at radius 1 is 1.30 bits per heavy atom. The second-order valence-electron chi connectivity index (χ2n) is 5.55. The molecule has 1 saturated carbocycles. The molecule has 0 bridgehead atoms. The summed E-state index contributed by atoms with van der Waals surface area (Å²) in [6.45, 7) is 2.00. The van der Waals surface area contributed by atoms with Crippen LogP contribution in [0.15, 0.2) is 18.2 Å². The van der Waals surface area contributed by atoms with Gasteiger partial charge in [0, 0.05) is 24.8 Å². The van der Waals surface area contributed by atoms with Crippen LogP contribution in [0, 0.1) is 0 Å². The van der Waals surface area contributed by atoms with Gasteiger partial charge < -0.3 is 15.0 Å². The van der Waals surface area contributed by atoms with E-state index >= 15 is 0 Å². The first-order valence-corrected chi connectivity index (χ1v) is 7.86. The molecule has 0 amide bonds. The first-order valence-electron chi connectivity index (χ1n) is 7.48. The zero-order valence-electron chi connectivity index (χ0n) is 12.5. The van der Waals surface area contributed by atoms with Gasteiger partial charge in [-0.25, -0.2) is 0 Å². The fraction of sp³-hybridized carbons (Fsp3) is 0.625. The van der Waals surface area contributed by atoms with Crippen molar-refractivity contribution in [3.05, 3.63) is 23.2 Å². The standard InChI is InChI=1S/C16H25ClN2O/c1-19(14-6-4-3-5-7-14)11-10-18-13-8-9-16(20-2)15(17)12-13/h8-9,12,14,18H,3-7,10-11H2,1-2H3. The maximum absolute atomic E-state index is 6.12. The minimum atomic E-state index is 0.651. The van der Waals surface area contributed by atoms with Crippen molar-refractivity contribution in [1.29, 1.82) is 0 Å². The van der Waals surface area contributed by atoms with Gasteiger partial charge in [-0.2, -0.15) is 0 Å². The van der Waals surface area contributed by atoms with E-state index in [-0.39, 0.29) is 0 Å². The highest BCUT2D eigenvalue weighted by atomic mass is 35.5. The summed E-state index contributed by atoms with van der Waals surface area (Å²) in [5.74, 6) is 0.719. The minimum Gasteiger partial charge on any atom is -0.495 e. The van der Waals surface area contributed by atoms with Crippen LogP contribution in [-0.4, -0.2) is 38.2 Å². The Morgan fingerprint density at radius 2 is 2.05 bits per heavy atom. The summed E-state index contributed by atoms with van der Waals surface area (Å²) < 4.78 is 5.15. The zero-order valence-corrected chi connectivity index (χ0v) is 13.2. The van der Waals surface area contributed by atoms with Crippen molar-refractivity contribution in [1.82, 2.24) is 4.90 Å². The summed E-state index contributed by atoms with van der Waals surface area (Å²) in [7, 11) is 3.87. The van der Waals surface area contributed by atoms with E-state index in [1.54, 1.807) is 7.11 Å². The topological polar surface area (TPSA) is 24.5 Å². The van der Waals surface area contributed by atoms with Crippen LogP contribution in [0.25, 0.3) is 0 Å². The molecule has 0 unspecified atom stereocenters. The summed E-state index contributed by atoms with van der Waals surface area (Å²) in [4.78, 5) is 2.48. The third-order valence-electron chi connectivity index (χ3n) is 4.14. The molecule has 3 nitrogen and oxygen atoms in total. The average molecular weight is 297 g/mol. The van der Waals surface area contributed by atoms with E-state index in [1.165, 1.54) is 32.1 Å². The summed E-state index contributed by atoms with van der Waals surface area (Å²) in [6, 6.07) is 6.59. The first kappa shape index (κ1) is 15.5. The summed E-state index contributed by atoms with van der Waals surface area (Å²) in [5.41, 5.74) is 1.05. The number of rotatable bonds is 6. The van der Waals surface area contributed by atoms with Crippen molar-refractivity contribution in [2.24, 2.45) is 0 Å². The SMILES string of the molecule is COc1ccc(NCCN(C)C2CCCCC2)cc1Cl. The molecule has 0 radical (unpaired) electrons. The highest BCUT2D eigenvalue weighted by molar-refractivity contribution is 6.32. The molecule has 0 atom stereocenters. The second-order valence-corrected chi connectivity index (χ2v) is 5.96. The molecule has 0 heterocycles. The van der Waals surface area contributed by atoms with Crippen LogP contribution in [0.4, 0.5) is 5.69 Å². The molecule has 4 heteroatoms. The number of nitrogens with one attached hydrogen (secondary N) is 1. The third kappa shape index (κ3) is 4.29. The van der Waals surface area contributed by atoms with Crippen molar-refractivity contribution in [3.63, 3.8) is 0 Å². The van der Waals surface area contributed by atoms with E-state index in [0.717, 1.165) is 30.6 Å². The number of hydrogen-bond acceptors (Lipinski definition) is 3. The molecule has 20 heavy (non-hydrogen) atoms. The van der Waals surface area contributed by atoms with Crippen LogP contribution >= 0.6 is 11.6 Å². The lowest BCUT2D eigenvalue weighted by atomic mass is 9.94. The van der Waals surface area contributed by atoms with Gasteiger partial charge in [-0.1, -0.05) is 30.9 Å². The van der Waals surface area contributed by atoms with Gasteiger partial charge in [0.1, 0.15) is 5.75 Å². The Labute approximate surface area is 127 Å². The zero-order chi connectivity index (χ0) is 14.4. The van der Waals surface area contributed by atoms with E-state index in [9.17, 15) is 0 Å². The van der Waals surface area contributed by atoms with Crippen LogP contribution in [0.5, 0.6) is 5.75 Å². The van der Waals surface area contributed by atoms with E-state index < -0.39 is 0 Å². The second kappa shape index (κ2) is 7.75. The highest BCUT2D eigenvalue weighted by Gasteiger charge is 2.17. The molecule has 2 rings (SSSR count). The van der Waals surface area contributed by atoms with E-state index in [1.807, 2.05) is 18.2 Å². The fourth-order valence-corrected chi connectivity index (χ4v) is 3.12. The van der Waals surface area contributed by atoms with Crippen LogP contribution < -0.4 is 10.1 Å². The Balaban J connectivity index is 1.76. The Morgan fingerprint density at radius 3 is 2.70 bits per heavy atom. The molecular formula is C16H25ClN2O. The quantitative estimate of drug-likeness (QED) is 0.858. The lowest BCUT2D eigenvalue weighted by Gasteiger charge is -2.31. The number of anilines is 1. The Kier molecular flexibility index (Phi) is 5.99. The lowest BCUT2D eigenvalue weighted by Crippen LogP contribution is -2.36. The van der Waals surface area contributed by atoms with Crippen molar-refractivity contribution in [3.8, 4) is 5.75 Å². The number of methoxy groups -OCH3 is 1. The maximum atomic E-state index is 6.12. The van der Waals surface area contributed by atoms with Crippen molar-refractivity contribution in [2.45, 2.75) is 38.1 Å². The predicted molar refractivity (Wildman–Crippen MR) is 86.0 cm³/mol. The molecular weight excluding hydrogens is 272 g/mol. The number of halogens is 1. The van der Waals surface area contributed by atoms with Gasteiger partial charge in [-0.05, 0) is 38.1 Å². The minimum absolute atomic E-state index is 0.651. The van der Waals surface area contributed by atoms with E-state index in [2.05, 4.69) is 17.3 Å². The fourth-order valence-electron chi connectivity index (χ4n) is 2.86. The molecule has 1 fully saturated rings. The predicted octanol–water partition coefficient (Wildman–Crippen LogP) is 4.03. The average Bonchev–Trinajstić information content (AvgIpc) is 2.48. The Hall–Kier alpha value is -0.930. The number of nitrogens with zero attached hydrogens (tertiary/aromatic N) is 1. The monoisotopic (exact) mass is 296 g/mol. The maximum Gasteiger partial charge on any atom is 0.137 e. The van der Waals surface area contributed by atoms with E-state index in [0.29, 0.717) is 5.02 Å². The van der Waals surface area contributed by atoms with Crippen LogP contribution in [-0.2, 0) is 0 Å². The molecule has 1 aromatic carbocycles. The highest BCUT2D eigenvalue weighted by Crippen LogP contribution is 2.27. The molecule has 1 aliphatic rings. The molecule has 0 aliphatic heterocycles. The van der Waals surface area contributed by atoms with Crippen LogP contribution in [0.1, 0.15) is 32.1 Å². The molecule has 0 spiro atoms. The van der Waals surface area contributed by atoms with Gasteiger partial charge in [0.15, 0.2) is 0 Å². The lowest BCUT2D eigenvalue weighted by molar-refractivity contribution is 0.198. The number of likely N-dealkylation sites (N-methyl/N-ethyl adjacent to an activating group) is 1. The van der Waals surface area contributed by atoms with Crippen molar-refractivity contribution in [2.75, 3.05) is 32.6 Å². The molecule has 0 saturated heterocycles. The molecule has 1 aliphatic carbocycles. The van der Waals surface area contributed by atoms with Crippen LogP contribution in [0.2, 0.25) is 5.02 Å². The van der Waals surface area contributed by atoms with E-state index in [4.69, 9.17) is 16.3 Å². The smallest absolute Gasteiger partial charge is 0.137 e. The summed E-state index contributed by atoms with van der Waals surface area (Å²) in [5, 5.41) is 4.08. The molecule has 1 aromatic rings. The van der Waals surface area contributed by atoms with Gasteiger partial charge in [-0.15, -0.1) is 0 Å². The molecule has 112 valence electrons. The van der Waals surface area contributed by atoms with Gasteiger partial charge in [0.05, 0.1) is 12.1 Å². The first-order chi connectivity index (χ1) is 9.70. The van der Waals surface area contributed by atoms with Gasteiger partial charge in [-0.3, -0.25) is 0 Å². The van der Waals surface area contributed by atoms with Gasteiger partial charge in [0.2, 0.25) is 0 Å². The van der Waals surface area contributed by atoms with Crippen LogP contribution in [0.3, 0.4) is 0 Å². The van der Waals surface area contributed by atoms with Crippen molar-refractivity contribution < 1.29 is 4.74 Å². The molecule has 0 aromatic heterocycles. The number of benzene rings is 1. The number of hydrogen-bond donors (Lipinski definition) is 1. The Bertz CT molecular complexity index is 419. The van der Waals surface area contributed by atoms with Crippen molar-refractivity contribution >= 4 is 17.3 Å². The molecule has 1 N–H and O–H groups in total. The third-order valence-corrected chi connectivity index (χ3v) is 4.44.